The van der Waals surface area contributed by atoms with Crippen molar-refractivity contribution >= 4 is 11.9 Å². The van der Waals surface area contributed by atoms with Gasteiger partial charge in [0.15, 0.2) is 0 Å². The molecule has 6 nitrogen and oxygen atoms in total. The second-order valence-corrected chi connectivity index (χ2v) is 5.80. The van der Waals surface area contributed by atoms with Gasteiger partial charge in [-0.1, -0.05) is 0 Å². The van der Waals surface area contributed by atoms with E-state index >= 15 is 0 Å². The second-order valence-electron chi connectivity index (χ2n) is 5.80. The van der Waals surface area contributed by atoms with Crippen molar-refractivity contribution in [1.82, 2.24) is 4.90 Å². The topological polar surface area (TPSA) is 89.9 Å². The summed E-state index contributed by atoms with van der Waals surface area (Å²) < 4.78 is 18.1. The predicted molar refractivity (Wildman–Crippen MR) is 66.3 cm³/mol. The van der Waals surface area contributed by atoms with Crippen molar-refractivity contribution in [2.45, 2.75) is 37.5 Å². The number of halogens is 1. The SMILES string of the molecule is CO[C@H]1CCC[C@H]2C1=C(C(=O)[O-])N1C(=O)[C@H]([C@H](O)CF)[C@@H]21.[Na+]. The minimum absolute atomic E-state index is 0. The van der Waals surface area contributed by atoms with Gasteiger partial charge >= 0.3 is 29.6 Å². The Labute approximate surface area is 149 Å². The van der Waals surface area contributed by atoms with E-state index in [2.05, 4.69) is 0 Å². The zero-order chi connectivity index (χ0) is 15.3. The molecule has 22 heavy (non-hydrogen) atoms. The number of rotatable bonds is 4. The maximum absolute atomic E-state index is 12.7. The van der Waals surface area contributed by atoms with Crippen molar-refractivity contribution in [3.05, 3.63) is 11.3 Å². The van der Waals surface area contributed by atoms with Crippen molar-refractivity contribution in [1.29, 1.82) is 0 Å². The van der Waals surface area contributed by atoms with Gasteiger partial charge in [-0.2, -0.15) is 0 Å². The Morgan fingerprint density at radius 2 is 2.23 bits per heavy atom. The number of carbonyl (C=O) groups is 2. The van der Waals surface area contributed by atoms with Crippen LogP contribution in [0.25, 0.3) is 0 Å². The summed E-state index contributed by atoms with van der Waals surface area (Å²) in [5.74, 6) is -3.02. The Hall–Kier alpha value is -0.470. The molecule has 5 atom stereocenters. The molecule has 0 aromatic rings. The third kappa shape index (κ3) is 2.34. The fourth-order valence-electron chi connectivity index (χ4n) is 4.07. The van der Waals surface area contributed by atoms with Crippen LogP contribution in [0.3, 0.4) is 0 Å². The fourth-order valence-corrected chi connectivity index (χ4v) is 4.07. The monoisotopic (exact) mass is 321 g/mol. The molecule has 0 radical (unpaired) electrons. The molecule has 3 aliphatic rings. The first-order valence-corrected chi connectivity index (χ1v) is 7.08. The van der Waals surface area contributed by atoms with Crippen molar-refractivity contribution in [2.24, 2.45) is 11.8 Å². The number of β-lactam (4-membered cyclic amide) rings is 1. The summed E-state index contributed by atoms with van der Waals surface area (Å²) >= 11 is 0. The van der Waals surface area contributed by atoms with Gasteiger partial charge in [-0.3, -0.25) is 4.79 Å². The normalized spacial score (nSPS) is 34.5. The molecule has 1 N–H and O–H groups in total. The Balaban J connectivity index is 0.00000176. The molecule has 1 saturated heterocycles. The minimum Gasteiger partial charge on any atom is -0.543 e. The van der Waals surface area contributed by atoms with Crippen LogP contribution in [0.4, 0.5) is 4.39 Å². The summed E-state index contributed by atoms with van der Waals surface area (Å²) in [6.07, 6.45) is 0.478. The average molecular weight is 321 g/mol. The number of ether oxygens (including phenoxy) is 1. The Bertz CT molecular complexity index is 525. The molecule has 2 aliphatic heterocycles. The molecule has 2 fully saturated rings. The predicted octanol–water partition coefficient (Wildman–Crippen LogP) is -4.02. The fraction of sp³-hybridized carbons (Fsp3) is 0.714. The molecule has 0 aromatic carbocycles. The van der Waals surface area contributed by atoms with Crippen LogP contribution in [-0.4, -0.2) is 53.9 Å². The summed E-state index contributed by atoms with van der Waals surface area (Å²) in [7, 11) is 1.50. The first-order chi connectivity index (χ1) is 10.0. The number of methoxy groups -OCH3 is 1. The number of hydrogen-bond donors (Lipinski definition) is 1. The van der Waals surface area contributed by atoms with Gasteiger partial charge in [0, 0.05) is 13.0 Å². The van der Waals surface area contributed by atoms with E-state index in [0.717, 1.165) is 11.3 Å². The number of carboxylic acids is 1. The third-order valence-corrected chi connectivity index (χ3v) is 4.89. The molecule has 8 heteroatoms. The minimum atomic E-state index is -1.41. The summed E-state index contributed by atoms with van der Waals surface area (Å²) in [4.78, 5) is 24.7. The van der Waals surface area contributed by atoms with Gasteiger partial charge in [-0.15, -0.1) is 0 Å². The van der Waals surface area contributed by atoms with Gasteiger partial charge in [0.05, 0.1) is 35.8 Å². The van der Waals surface area contributed by atoms with Crippen molar-refractivity contribution in [2.75, 3.05) is 13.8 Å². The number of nitrogens with zero attached hydrogens (tertiary/aromatic N) is 1. The summed E-state index contributed by atoms with van der Waals surface area (Å²) in [5.41, 5.74) is 0.430. The third-order valence-electron chi connectivity index (χ3n) is 4.89. The standard InChI is InChI=1S/C14H18FNO5.Na/c1-21-8-4-2-3-6-9(8)12(14(19)20)16-11(6)10(13(16)18)7(17)5-15;/h6-8,10-11,17H,2-5H2,1H3,(H,19,20);/q;+1/p-1/t6-,7+,8-,10+,11+;/m0./s1. The van der Waals surface area contributed by atoms with E-state index in [1.54, 1.807) is 0 Å². The number of carbonyl (C=O) groups excluding carboxylic acids is 2. The van der Waals surface area contributed by atoms with E-state index in [9.17, 15) is 24.2 Å². The molecular weight excluding hydrogens is 304 g/mol. The number of alkyl halides is 1. The zero-order valence-electron chi connectivity index (χ0n) is 12.6. The van der Waals surface area contributed by atoms with Crippen LogP contribution in [0.1, 0.15) is 19.3 Å². The number of aliphatic hydroxyl groups excluding tert-OH is 1. The number of amides is 1. The van der Waals surface area contributed by atoms with Crippen LogP contribution in [0.2, 0.25) is 0 Å². The second kappa shape index (κ2) is 6.57. The Kier molecular flexibility index (Phi) is 5.34. The molecule has 0 unspecified atom stereocenters. The first kappa shape index (κ1) is 17.9. The van der Waals surface area contributed by atoms with E-state index in [0.29, 0.717) is 18.4 Å². The number of aliphatic hydroxyl groups is 1. The van der Waals surface area contributed by atoms with Crippen LogP contribution >= 0.6 is 0 Å². The quantitative estimate of drug-likeness (QED) is 0.421. The smallest absolute Gasteiger partial charge is 0.543 e. The molecule has 116 valence electrons. The van der Waals surface area contributed by atoms with Crippen LogP contribution in [0.15, 0.2) is 11.3 Å². The van der Waals surface area contributed by atoms with Crippen LogP contribution in [0, 0.1) is 11.8 Å². The maximum atomic E-state index is 12.7. The Morgan fingerprint density at radius 3 is 2.77 bits per heavy atom. The van der Waals surface area contributed by atoms with E-state index < -0.39 is 36.6 Å². The van der Waals surface area contributed by atoms with Gasteiger partial charge in [-0.05, 0) is 24.8 Å². The van der Waals surface area contributed by atoms with E-state index in [1.165, 1.54) is 7.11 Å². The van der Waals surface area contributed by atoms with Crippen LogP contribution < -0.4 is 34.7 Å². The number of hydrogen-bond acceptors (Lipinski definition) is 5. The van der Waals surface area contributed by atoms with Crippen molar-refractivity contribution in [3.8, 4) is 0 Å². The molecule has 2 heterocycles. The van der Waals surface area contributed by atoms with Gasteiger partial charge in [-0.25, -0.2) is 4.39 Å². The molecule has 3 rings (SSSR count). The molecule has 1 aliphatic carbocycles. The maximum Gasteiger partial charge on any atom is 1.00 e. The van der Waals surface area contributed by atoms with Gasteiger partial charge in [0.25, 0.3) is 0 Å². The molecule has 0 spiro atoms. The molecule has 1 amide bonds. The van der Waals surface area contributed by atoms with E-state index in [-0.39, 0.29) is 47.3 Å². The van der Waals surface area contributed by atoms with E-state index in [4.69, 9.17) is 4.74 Å². The van der Waals surface area contributed by atoms with Gasteiger partial charge in [0.1, 0.15) is 6.67 Å². The first-order valence-electron chi connectivity index (χ1n) is 7.08. The van der Waals surface area contributed by atoms with Crippen LogP contribution in [0.5, 0.6) is 0 Å². The number of carboxylic acid groups (broad SMARTS) is 1. The average Bonchev–Trinajstić information content (AvgIpc) is 2.78. The summed E-state index contributed by atoms with van der Waals surface area (Å²) in [5, 5.41) is 21.1. The number of fused-ring (bicyclic) bond motifs is 3. The van der Waals surface area contributed by atoms with Gasteiger partial charge < -0.3 is 24.6 Å². The van der Waals surface area contributed by atoms with E-state index in [1.807, 2.05) is 0 Å². The summed E-state index contributed by atoms with van der Waals surface area (Å²) in [6, 6.07) is -0.482. The van der Waals surface area contributed by atoms with Crippen LogP contribution in [-0.2, 0) is 14.3 Å². The molecule has 0 aromatic heterocycles. The number of aliphatic carboxylic acids is 1. The largest absolute Gasteiger partial charge is 1.00 e. The Morgan fingerprint density at radius 1 is 1.55 bits per heavy atom. The summed E-state index contributed by atoms with van der Waals surface area (Å²) in [6.45, 7) is -1.02. The molecule has 0 bridgehead atoms. The van der Waals surface area contributed by atoms with Gasteiger partial charge in [0.2, 0.25) is 5.91 Å². The molecule has 1 saturated carbocycles. The molecular formula is C14H17FNNaO5. The van der Waals surface area contributed by atoms with Crippen molar-refractivity contribution in [3.63, 3.8) is 0 Å². The van der Waals surface area contributed by atoms with Crippen molar-refractivity contribution < 1.29 is 58.5 Å². The zero-order valence-corrected chi connectivity index (χ0v) is 14.6.